The molecule has 162 valence electrons. The summed E-state index contributed by atoms with van der Waals surface area (Å²) in [6, 6.07) is -3.81. The molecule has 0 aromatic heterocycles. The average molecular weight is 420 g/mol. The number of carbonyl (C=O) groups is 4. The maximum absolute atomic E-state index is 12.7. The number of nitrogens with one attached hydrogen (secondary N) is 3. The van der Waals surface area contributed by atoms with E-state index in [2.05, 4.69) is 28.6 Å². The lowest BCUT2D eigenvalue weighted by Crippen LogP contribution is -2.58. The molecule has 0 aromatic carbocycles. The molecule has 8 N–H and O–H groups in total. The largest absolute Gasteiger partial charge is 0.480 e. The molecule has 11 heteroatoms. The van der Waals surface area contributed by atoms with Crippen LogP contribution in [0.4, 0.5) is 0 Å². The van der Waals surface area contributed by atoms with E-state index in [1.807, 2.05) is 0 Å². The minimum atomic E-state index is -1.19. The summed E-state index contributed by atoms with van der Waals surface area (Å²) in [6.45, 7) is 5.24. The number of thiol groups is 1. The van der Waals surface area contributed by atoms with E-state index < -0.39 is 47.9 Å². The molecule has 10 nitrogen and oxygen atoms in total. The van der Waals surface area contributed by atoms with Crippen molar-refractivity contribution in [1.82, 2.24) is 16.0 Å². The van der Waals surface area contributed by atoms with Crippen LogP contribution in [0.15, 0.2) is 0 Å². The second-order valence-corrected chi connectivity index (χ2v) is 7.30. The summed E-state index contributed by atoms with van der Waals surface area (Å²) in [5.41, 5.74) is 11.1. The van der Waals surface area contributed by atoms with E-state index in [9.17, 15) is 19.2 Å². The number of carboxylic acids is 1. The Labute approximate surface area is 171 Å². The van der Waals surface area contributed by atoms with Crippen LogP contribution in [-0.4, -0.2) is 65.3 Å². The smallest absolute Gasteiger partial charge is 0.325 e. The molecular weight excluding hydrogens is 386 g/mol. The number of hydrogen-bond acceptors (Lipinski definition) is 7. The van der Waals surface area contributed by atoms with E-state index in [4.69, 9.17) is 16.6 Å². The first kappa shape index (κ1) is 26.1. The SMILES string of the molecule is CC(NC(=O)C(CCCCN)NC(=O)C(NC(=O)C(N)CS)C(C)C)C(=O)O. The lowest BCUT2D eigenvalue weighted by atomic mass is 10.0. The number of carboxylic acid groups (broad SMARTS) is 1. The molecule has 4 atom stereocenters. The lowest BCUT2D eigenvalue weighted by Gasteiger charge is -2.26. The Bertz CT molecular complexity index is 546. The van der Waals surface area contributed by atoms with Crippen LogP contribution in [0.25, 0.3) is 0 Å². The van der Waals surface area contributed by atoms with Crippen LogP contribution in [0.1, 0.15) is 40.0 Å². The number of aliphatic carboxylic acids is 1. The fraction of sp³-hybridized carbons (Fsp3) is 0.765. The van der Waals surface area contributed by atoms with E-state index in [1.54, 1.807) is 13.8 Å². The quantitative estimate of drug-likeness (QED) is 0.142. The molecule has 0 fully saturated rings. The maximum Gasteiger partial charge on any atom is 0.325 e. The Morgan fingerprint density at radius 2 is 1.57 bits per heavy atom. The summed E-state index contributed by atoms with van der Waals surface area (Å²) < 4.78 is 0. The molecule has 4 unspecified atom stereocenters. The topological polar surface area (TPSA) is 177 Å². The van der Waals surface area contributed by atoms with Gasteiger partial charge in [-0.1, -0.05) is 13.8 Å². The Hall–Kier alpha value is -1.85. The van der Waals surface area contributed by atoms with Gasteiger partial charge in [0, 0.05) is 5.75 Å². The molecular formula is C17H33N5O5S. The third-order valence-corrected chi connectivity index (χ3v) is 4.48. The number of nitrogens with two attached hydrogens (primary N) is 2. The number of hydrogen-bond donors (Lipinski definition) is 7. The predicted molar refractivity (Wildman–Crippen MR) is 109 cm³/mol. The van der Waals surface area contributed by atoms with Gasteiger partial charge in [-0.15, -0.1) is 0 Å². The van der Waals surface area contributed by atoms with Crippen molar-refractivity contribution in [2.75, 3.05) is 12.3 Å². The fourth-order valence-electron chi connectivity index (χ4n) is 2.28. The first-order chi connectivity index (χ1) is 13.0. The molecule has 0 aromatic rings. The van der Waals surface area contributed by atoms with Crippen LogP contribution in [0.2, 0.25) is 0 Å². The molecule has 0 rings (SSSR count). The van der Waals surface area contributed by atoms with Gasteiger partial charge in [0.05, 0.1) is 6.04 Å². The van der Waals surface area contributed by atoms with Gasteiger partial charge in [-0.05, 0) is 38.6 Å². The predicted octanol–water partition coefficient (Wildman–Crippen LogP) is -1.41. The van der Waals surface area contributed by atoms with Gasteiger partial charge in [0.15, 0.2) is 0 Å². The Balaban J connectivity index is 5.21. The zero-order valence-electron chi connectivity index (χ0n) is 16.6. The Morgan fingerprint density at radius 3 is 2.04 bits per heavy atom. The number of amides is 3. The average Bonchev–Trinajstić information content (AvgIpc) is 2.63. The van der Waals surface area contributed by atoms with E-state index in [-0.39, 0.29) is 18.1 Å². The Morgan fingerprint density at radius 1 is 0.964 bits per heavy atom. The van der Waals surface area contributed by atoms with Crippen LogP contribution in [0.5, 0.6) is 0 Å². The van der Waals surface area contributed by atoms with Gasteiger partial charge in [0.25, 0.3) is 0 Å². The molecule has 0 heterocycles. The second-order valence-electron chi connectivity index (χ2n) is 6.93. The van der Waals surface area contributed by atoms with E-state index in [0.717, 1.165) is 0 Å². The first-order valence-corrected chi connectivity index (χ1v) is 9.88. The first-order valence-electron chi connectivity index (χ1n) is 9.25. The number of rotatable bonds is 13. The molecule has 0 radical (unpaired) electrons. The van der Waals surface area contributed by atoms with Gasteiger partial charge in [0.2, 0.25) is 17.7 Å². The molecule has 28 heavy (non-hydrogen) atoms. The summed E-state index contributed by atoms with van der Waals surface area (Å²) >= 11 is 3.96. The Kier molecular flexibility index (Phi) is 12.5. The van der Waals surface area contributed by atoms with Crippen molar-refractivity contribution in [2.24, 2.45) is 17.4 Å². The van der Waals surface area contributed by atoms with Gasteiger partial charge >= 0.3 is 5.97 Å². The maximum atomic E-state index is 12.7. The standard InChI is InChI=1S/C17H33N5O5S/c1-9(2)13(22-14(23)11(19)8-28)16(25)21-12(6-4-5-7-18)15(24)20-10(3)17(26)27/h9-13,28H,4-8,18-19H2,1-3H3,(H,20,24)(H,21,25)(H,22,23)(H,26,27). The molecule has 0 aliphatic carbocycles. The molecule has 3 amide bonds. The molecule has 0 spiro atoms. The monoisotopic (exact) mass is 419 g/mol. The fourth-order valence-corrected chi connectivity index (χ4v) is 2.44. The van der Waals surface area contributed by atoms with Crippen LogP contribution in [0.3, 0.4) is 0 Å². The third-order valence-electron chi connectivity index (χ3n) is 4.09. The van der Waals surface area contributed by atoms with Gasteiger partial charge in [0.1, 0.15) is 18.1 Å². The lowest BCUT2D eigenvalue weighted by molar-refractivity contribution is -0.141. The van der Waals surface area contributed by atoms with Crippen molar-refractivity contribution in [3.8, 4) is 0 Å². The summed E-state index contributed by atoms with van der Waals surface area (Å²) in [7, 11) is 0. The minimum Gasteiger partial charge on any atom is -0.480 e. The molecule has 0 saturated heterocycles. The summed E-state index contributed by atoms with van der Waals surface area (Å²) in [4.78, 5) is 48.1. The van der Waals surface area contributed by atoms with E-state index in [0.29, 0.717) is 19.4 Å². The van der Waals surface area contributed by atoms with Crippen LogP contribution >= 0.6 is 12.6 Å². The molecule has 0 aliphatic heterocycles. The zero-order valence-corrected chi connectivity index (χ0v) is 17.5. The number of unbranched alkanes of at least 4 members (excludes halogenated alkanes) is 1. The van der Waals surface area contributed by atoms with Crippen LogP contribution in [-0.2, 0) is 19.2 Å². The summed E-state index contributed by atoms with van der Waals surface area (Å²) in [5, 5.41) is 16.5. The van der Waals surface area contributed by atoms with Gasteiger partial charge in [-0.2, -0.15) is 12.6 Å². The minimum absolute atomic E-state index is 0.121. The highest BCUT2D eigenvalue weighted by atomic mass is 32.1. The zero-order chi connectivity index (χ0) is 21.9. The van der Waals surface area contributed by atoms with E-state index in [1.165, 1.54) is 6.92 Å². The normalized spacial score (nSPS) is 15.2. The van der Waals surface area contributed by atoms with Crippen molar-refractivity contribution in [3.05, 3.63) is 0 Å². The number of carbonyl (C=O) groups excluding carboxylic acids is 3. The summed E-state index contributed by atoms with van der Waals surface area (Å²) in [5.74, 6) is -3.01. The molecule has 0 aliphatic rings. The highest BCUT2D eigenvalue weighted by Gasteiger charge is 2.30. The van der Waals surface area contributed by atoms with E-state index >= 15 is 0 Å². The van der Waals surface area contributed by atoms with Crippen molar-refractivity contribution in [3.63, 3.8) is 0 Å². The third kappa shape index (κ3) is 9.38. The van der Waals surface area contributed by atoms with Crippen molar-refractivity contribution in [1.29, 1.82) is 0 Å². The molecule has 0 bridgehead atoms. The summed E-state index contributed by atoms with van der Waals surface area (Å²) in [6.07, 6.45) is 1.50. The van der Waals surface area contributed by atoms with Gasteiger partial charge in [-0.25, -0.2) is 0 Å². The van der Waals surface area contributed by atoms with Crippen molar-refractivity contribution in [2.45, 2.75) is 64.2 Å². The van der Waals surface area contributed by atoms with Crippen molar-refractivity contribution < 1.29 is 24.3 Å². The van der Waals surface area contributed by atoms with Crippen LogP contribution in [0, 0.1) is 5.92 Å². The van der Waals surface area contributed by atoms with Gasteiger partial charge < -0.3 is 32.5 Å². The highest BCUT2D eigenvalue weighted by molar-refractivity contribution is 7.80. The highest BCUT2D eigenvalue weighted by Crippen LogP contribution is 2.07. The molecule has 0 saturated carbocycles. The second kappa shape index (κ2) is 13.3. The van der Waals surface area contributed by atoms with Crippen LogP contribution < -0.4 is 27.4 Å². The van der Waals surface area contributed by atoms with Gasteiger partial charge in [-0.3, -0.25) is 19.2 Å². The van der Waals surface area contributed by atoms with Crippen molar-refractivity contribution >= 4 is 36.3 Å².